The van der Waals surface area contributed by atoms with Crippen LogP contribution in [-0.4, -0.2) is 25.1 Å². The molecular weight excluding hydrogens is 202 g/mol. The van der Waals surface area contributed by atoms with Crippen molar-refractivity contribution in [3.63, 3.8) is 0 Å². The molecule has 0 aliphatic heterocycles. The highest BCUT2D eigenvalue weighted by Crippen LogP contribution is 2.28. The Balaban J connectivity index is 1.95. The third-order valence-corrected chi connectivity index (χ3v) is 3.25. The highest BCUT2D eigenvalue weighted by Gasteiger charge is 2.22. The maximum absolute atomic E-state index is 5.51. The van der Waals surface area contributed by atoms with E-state index < -0.39 is 0 Å². The molecule has 1 N–H and O–H groups in total. The van der Waals surface area contributed by atoms with E-state index >= 15 is 0 Å². The number of hydrogen-bond acceptors (Lipinski definition) is 4. The average molecular weight is 223 g/mol. The Bertz CT molecular complexity index is 320. The van der Waals surface area contributed by atoms with Gasteiger partial charge in [-0.3, -0.25) is 0 Å². The van der Waals surface area contributed by atoms with Gasteiger partial charge in [-0.2, -0.15) is 4.98 Å². The fourth-order valence-electron chi connectivity index (χ4n) is 2.03. The maximum Gasteiger partial charge on any atom is 0.297 e. The second-order valence-corrected chi connectivity index (χ2v) is 4.49. The molecule has 1 aromatic heterocycles. The van der Waals surface area contributed by atoms with Crippen molar-refractivity contribution in [2.45, 2.75) is 32.7 Å². The Morgan fingerprint density at radius 1 is 1.56 bits per heavy atom. The van der Waals surface area contributed by atoms with E-state index in [0.29, 0.717) is 0 Å². The Kier molecular flexibility index (Phi) is 3.83. The van der Waals surface area contributed by atoms with Crippen LogP contribution < -0.4 is 10.2 Å². The van der Waals surface area contributed by atoms with Crippen molar-refractivity contribution >= 4 is 6.01 Å². The fourth-order valence-corrected chi connectivity index (χ4v) is 2.03. The lowest BCUT2D eigenvalue weighted by atomic mass is 9.85. The van der Waals surface area contributed by atoms with Crippen LogP contribution in [0.4, 0.5) is 6.01 Å². The van der Waals surface area contributed by atoms with Gasteiger partial charge in [0.2, 0.25) is 0 Å². The molecule has 0 radical (unpaired) electrons. The molecule has 1 aromatic rings. The van der Waals surface area contributed by atoms with Gasteiger partial charge in [-0.15, -0.1) is 0 Å². The van der Waals surface area contributed by atoms with Gasteiger partial charge in [-0.05, 0) is 32.7 Å². The first-order valence-corrected chi connectivity index (χ1v) is 6.17. The quantitative estimate of drug-likeness (QED) is 0.801. The topological polar surface area (TPSA) is 41.3 Å². The lowest BCUT2D eigenvalue weighted by molar-refractivity contribution is 0.313. The molecule has 16 heavy (non-hydrogen) atoms. The standard InChI is InChI=1S/C12H21N3O/c1-3-15(8-10-5-4-6-10)12-14-11(7-13-2)9-16-12/h9-10,13H,3-8H2,1-2H3. The van der Waals surface area contributed by atoms with E-state index in [-0.39, 0.29) is 0 Å². The van der Waals surface area contributed by atoms with Crippen molar-refractivity contribution in [1.82, 2.24) is 10.3 Å². The molecule has 90 valence electrons. The van der Waals surface area contributed by atoms with Crippen LogP contribution in [0.3, 0.4) is 0 Å². The van der Waals surface area contributed by atoms with Gasteiger partial charge in [0.05, 0.1) is 5.69 Å². The van der Waals surface area contributed by atoms with Gasteiger partial charge < -0.3 is 14.6 Å². The Morgan fingerprint density at radius 2 is 2.38 bits per heavy atom. The minimum Gasteiger partial charge on any atom is -0.432 e. The molecule has 1 fully saturated rings. The lowest BCUT2D eigenvalue weighted by Crippen LogP contribution is -2.32. The number of aromatic nitrogens is 1. The van der Waals surface area contributed by atoms with Crippen LogP contribution in [0.15, 0.2) is 10.7 Å². The van der Waals surface area contributed by atoms with Gasteiger partial charge in [-0.1, -0.05) is 6.42 Å². The summed E-state index contributed by atoms with van der Waals surface area (Å²) in [5.41, 5.74) is 0.976. The first-order chi connectivity index (χ1) is 7.83. The van der Waals surface area contributed by atoms with Gasteiger partial charge >= 0.3 is 0 Å². The number of hydrogen-bond donors (Lipinski definition) is 1. The molecular formula is C12H21N3O. The molecule has 2 rings (SSSR count). The summed E-state index contributed by atoms with van der Waals surface area (Å²) in [4.78, 5) is 6.72. The van der Waals surface area contributed by atoms with E-state index in [2.05, 4.69) is 22.1 Å². The molecule has 4 heteroatoms. The average Bonchev–Trinajstić information content (AvgIpc) is 2.66. The zero-order valence-electron chi connectivity index (χ0n) is 10.2. The number of anilines is 1. The minimum atomic E-state index is 0.768. The summed E-state index contributed by atoms with van der Waals surface area (Å²) in [6.45, 7) is 4.98. The minimum absolute atomic E-state index is 0.768. The van der Waals surface area contributed by atoms with Crippen molar-refractivity contribution in [2.75, 3.05) is 25.0 Å². The highest BCUT2D eigenvalue weighted by molar-refractivity contribution is 5.26. The van der Waals surface area contributed by atoms with Gasteiger partial charge in [0.15, 0.2) is 0 Å². The van der Waals surface area contributed by atoms with E-state index in [4.69, 9.17) is 4.42 Å². The summed E-state index contributed by atoms with van der Waals surface area (Å²) < 4.78 is 5.51. The van der Waals surface area contributed by atoms with Gasteiger partial charge in [0, 0.05) is 19.6 Å². The Hall–Kier alpha value is -1.03. The molecule has 0 atom stereocenters. The van der Waals surface area contributed by atoms with E-state index in [9.17, 15) is 0 Å². The zero-order valence-corrected chi connectivity index (χ0v) is 10.2. The highest BCUT2D eigenvalue weighted by atomic mass is 16.4. The van der Waals surface area contributed by atoms with Crippen molar-refractivity contribution < 1.29 is 4.42 Å². The van der Waals surface area contributed by atoms with Crippen LogP contribution in [0, 0.1) is 5.92 Å². The van der Waals surface area contributed by atoms with Crippen LogP contribution in [0.5, 0.6) is 0 Å². The maximum atomic E-state index is 5.51. The molecule has 0 aromatic carbocycles. The van der Waals surface area contributed by atoms with Crippen molar-refractivity contribution in [3.8, 4) is 0 Å². The van der Waals surface area contributed by atoms with E-state index in [1.54, 1.807) is 6.26 Å². The second kappa shape index (κ2) is 5.34. The van der Waals surface area contributed by atoms with E-state index in [1.165, 1.54) is 19.3 Å². The molecule has 4 nitrogen and oxygen atoms in total. The van der Waals surface area contributed by atoms with Crippen LogP contribution in [0.1, 0.15) is 31.9 Å². The third-order valence-electron chi connectivity index (χ3n) is 3.25. The van der Waals surface area contributed by atoms with Crippen LogP contribution in [0.2, 0.25) is 0 Å². The van der Waals surface area contributed by atoms with E-state index in [0.717, 1.165) is 37.3 Å². The summed E-state index contributed by atoms with van der Waals surface area (Å²) >= 11 is 0. The Labute approximate surface area is 97.0 Å². The molecule has 1 aliphatic rings. The number of oxazole rings is 1. The Morgan fingerprint density at radius 3 is 2.94 bits per heavy atom. The molecule has 0 amide bonds. The molecule has 0 unspecified atom stereocenters. The summed E-state index contributed by atoms with van der Waals surface area (Å²) in [6.07, 6.45) is 5.86. The van der Waals surface area contributed by atoms with Gasteiger partial charge in [0.1, 0.15) is 6.26 Å². The molecule has 1 heterocycles. The SMILES string of the molecule is CCN(CC1CCC1)c1nc(CNC)co1. The van der Waals surface area contributed by atoms with Gasteiger partial charge in [0.25, 0.3) is 6.01 Å². The zero-order chi connectivity index (χ0) is 11.4. The third kappa shape index (κ3) is 2.55. The van der Waals surface area contributed by atoms with Gasteiger partial charge in [-0.25, -0.2) is 0 Å². The van der Waals surface area contributed by atoms with Crippen LogP contribution >= 0.6 is 0 Å². The largest absolute Gasteiger partial charge is 0.432 e. The summed E-state index contributed by atoms with van der Waals surface area (Å²) in [7, 11) is 1.92. The van der Waals surface area contributed by atoms with Crippen LogP contribution in [0.25, 0.3) is 0 Å². The molecule has 0 saturated heterocycles. The van der Waals surface area contributed by atoms with Crippen LogP contribution in [-0.2, 0) is 6.54 Å². The van der Waals surface area contributed by atoms with Crippen molar-refractivity contribution in [1.29, 1.82) is 0 Å². The first-order valence-electron chi connectivity index (χ1n) is 6.17. The fraction of sp³-hybridized carbons (Fsp3) is 0.750. The summed E-state index contributed by atoms with van der Waals surface area (Å²) in [6, 6.07) is 0.777. The number of nitrogens with zero attached hydrogens (tertiary/aromatic N) is 2. The molecule has 0 spiro atoms. The smallest absolute Gasteiger partial charge is 0.297 e. The molecule has 0 bridgehead atoms. The predicted molar refractivity (Wildman–Crippen MR) is 64.5 cm³/mol. The van der Waals surface area contributed by atoms with Crippen molar-refractivity contribution in [2.24, 2.45) is 5.92 Å². The number of nitrogens with one attached hydrogen (secondary N) is 1. The summed E-state index contributed by atoms with van der Waals surface area (Å²) in [5.74, 6) is 0.847. The number of rotatable bonds is 6. The normalized spacial score (nSPS) is 16.1. The lowest BCUT2D eigenvalue weighted by Gasteiger charge is -2.30. The monoisotopic (exact) mass is 223 g/mol. The predicted octanol–water partition coefficient (Wildman–Crippen LogP) is 2.02. The molecule has 1 saturated carbocycles. The van der Waals surface area contributed by atoms with E-state index in [1.807, 2.05) is 7.05 Å². The second-order valence-electron chi connectivity index (χ2n) is 4.49. The first kappa shape index (κ1) is 11.5. The van der Waals surface area contributed by atoms with Crippen molar-refractivity contribution in [3.05, 3.63) is 12.0 Å². The molecule has 1 aliphatic carbocycles. The summed E-state index contributed by atoms with van der Waals surface area (Å²) in [5, 5.41) is 3.08.